The molecule has 1 aromatic carbocycles. The lowest BCUT2D eigenvalue weighted by atomic mass is 10.1. The molecule has 3 rings (SSSR count). The molecular weight excluding hydrogens is 448 g/mol. The number of nitrogens with one attached hydrogen (secondary N) is 1. The van der Waals surface area contributed by atoms with Gasteiger partial charge in [0.15, 0.2) is 0 Å². The Kier molecular flexibility index (Phi) is 6.18. The first kappa shape index (κ1) is 19.7. The molecule has 0 unspecified atom stereocenters. The van der Waals surface area contributed by atoms with Gasteiger partial charge < -0.3 is 14.6 Å². The number of amides is 1. The van der Waals surface area contributed by atoms with Crippen molar-refractivity contribution in [1.82, 2.24) is 10.1 Å². The van der Waals surface area contributed by atoms with Crippen molar-refractivity contribution >= 4 is 44.8 Å². The first-order chi connectivity index (χ1) is 13.5. The van der Waals surface area contributed by atoms with E-state index in [0.29, 0.717) is 17.4 Å². The summed E-state index contributed by atoms with van der Waals surface area (Å²) >= 11 is 4.85. The summed E-state index contributed by atoms with van der Waals surface area (Å²) in [4.78, 5) is 29.1. The number of hydrogen-bond donors (Lipinski definition) is 1. The number of methoxy groups -OCH3 is 1. The second-order valence-corrected chi connectivity index (χ2v) is 7.38. The predicted molar refractivity (Wildman–Crippen MR) is 105 cm³/mol. The van der Waals surface area contributed by atoms with E-state index in [1.165, 1.54) is 30.6 Å². The van der Waals surface area contributed by atoms with Crippen molar-refractivity contribution in [3.05, 3.63) is 51.1 Å². The summed E-state index contributed by atoms with van der Waals surface area (Å²) in [5.41, 5.74) is 0.647. The van der Waals surface area contributed by atoms with Crippen LogP contribution in [-0.4, -0.2) is 29.1 Å². The second kappa shape index (κ2) is 8.77. The van der Waals surface area contributed by atoms with Crippen LogP contribution in [0.2, 0.25) is 0 Å². The van der Waals surface area contributed by atoms with Gasteiger partial charge in [0.1, 0.15) is 6.07 Å². The van der Waals surface area contributed by atoms with Crippen molar-refractivity contribution in [3.63, 3.8) is 0 Å². The molecule has 0 radical (unpaired) electrons. The summed E-state index contributed by atoms with van der Waals surface area (Å²) in [5.74, 6) is -0.115. The topological polar surface area (TPSA) is 118 Å². The van der Waals surface area contributed by atoms with Gasteiger partial charge in [0, 0.05) is 28.4 Å². The minimum absolute atomic E-state index is 0.0893. The zero-order valence-electron chi connectivity index (χ0n) is 14.6. The molecule has 2 aromatic heterocycles. The van der Waals surface area contributed by atoms with Crippen LogP contribution in [0, 0.1) is 11.3 Å². The molecule has 0 saturated heterocycles. The molecule has 2 heterocycles. The van der Waals surface area contributed by atoms with Gasteiger partial charge in [-0.2, -0.15) is 10.2 Å². The molecule has 0 aliphatic carbocycles. The molecule has 142 valence electrons. The van der Waals surface area contributed by atoms with Crippen molar-refractivity contribution in [2.45, 2.75) is 12.8 Å². The molecule has 0 aliphatic rings. The SMILES string of the molecule is COC(=O)c1cc(NC(=O)CCc2nc(-c3cc(Br)cs3)no2)ccc1C#N. The van der Waals surface area contributed by atoms with E-state index in [4.69, 9.17) is 9.78 Å². The van der Waals surface area contributed by atoms with Crippen molar-refractivity contribution < 1.29 is 18.8 Å². The van der Waals surface area contributed by atoms with Gasteiger partial charge in [0.05, 0.1) is 23.1 Å². The fourth-order valence-electron chi connectivity index (χ4n) is 2.33. The molecule has 1 amide bonds. The van der Waals surface area contributed by atoms with Gasteiger partial charge >= 0.3 is 5.97 Å². The van der Waals surface area contributed by atoms with E-state index in [1.807, 2.05) is 17.5 Å². The van der Waals surface area contributed by atoms with Gasteiger partial charge in [-0.25, -0.2) is 4.79 Å². The van der Waals surface area contributed by atoms with E-state index in [9.17, 15) is 9.59 Å². The van der Waals surface area contributed by atoms with Crippen LogP contribution in [0.15, 0.2) is 38.6 Å². The van der Waals surface area contributed by atoms with Crippen LogP contribution in [0.5, 0.6) is 0 Å². The van der Waals surface area contributed by atoms with E-state index in [1.54, 1.807) is 6.07 Å². The van der Waals surface area contributed by atoms with E-state index in [2.05, 4.69) is 36.1 Å². The van der Waals surface area contributed by atoms with E-state index in [-0.39, 0.29) is 29.9 Å². The lowest BCUT2D eigenvalue weighted by molar-refractivity contribution is -0.116. The van der Waals surface area contributed by atoms with Crippen molar-refractivity contribution in [1.29, 1.82) is 5.26 Å². The molecule has 0 fully saturated rings. The number of ether oxygens (including phenoxy) is 1. The average molecular weight is 461 g/mol. The number of anilines is 1. The Hall–Kier alpha value is -3.03. The first-order valence-corrected chi connectivity index (χ1v) is 9.66. The Balaban J connectivity index is 1.61. The van der Waals surface area contributed by atoms with Gasteiger partial charge in [-0.3, -0.25) is 4.79 Å². The molecule has 0 aliphatic heterocycles. The summed E-state index contributed by atoms with van der Waals surface area (Å²) in [7, 11) is 1.22. The van der Waals surface area contributed by atoms with Crippen LogP contribution in [0.1, 0.15) is 28.2 Å². The maximum atomic E-state index is 12.2. The van der Waals surface area contributed by atoms with Gasteiger partial charge in [-0.1, -0.05) is 5.16 Å². The second-order valence-electron chi connectivity index (χ2n) is 5.55. The first-order valence-electron chi connectivity index (χ1n) is 7.99. The van der Waals surface area contributed by atoms with E-state index < -0.39 is 5.97 Å². The van der Waals surface area contributed by atoms with Crippen molar-refractivity contribution in [2.24, 2.45) is 0 Å². The van der Waals surface area contributed by atoms with Crippen LogP contribution in [-0.2, 0) is 16.0 Å². The largest absolute Gasteiger partial charge is 0.465 e. The molecule has 0 spiro atoms. The highest BCUT2D eigenvalue weighted by Crippen LogP contribution is 2.27. The minimum Gasteiger partial charge on any atom is -0.465 e. The van der Waals surface area contributed by atoms with Gasteiger partial charge in [0.25, 0.3) is 0 Å². The number of esters is 1. The smallest absolute Gasteiger partial charge is 0.339 e. The number of thiophene rings is 1. The molecule has 0 saturated carbocycles. The number of nitriles is 1. The fraction of sp³-hybridized carbons (Fsp3) is 0.167. The number of carbonyl (C=O) groups is 2. The van der Waals surface area contributed by atoms with Crippen molar-refractivity contribution in [3.8, 4) is 16.8 Å². The van der Waals surface area contributed by atoms with Crippen molar-refractivity contribution in [2.75, 3.05) is 12.4 Å². The quantitative estimate of drug-likeness (QED) is 0.555. The summed E-state index contributed by atoms with van der Waals surface area (Å²) in [6.45, 7) is 0. The average Bonchev–Trinajstić information content (AvgIpc) is 3.34. The standard InChI is InChI=1S/C18H13BrN4O4S/c1-26-18(25)13-7-12(3-2-10(13)8-20)21-15(24)4-5-16-22-17(23-27-16)14-6-11(19)9-28-14/h2-3,6-7,9H,4-5H2,1H3,(H,21,24). The third-order valence-electron chi connectivity index (χ3n) is 3.65. The maximum absolute atomic E-state index is 12.2. The summed E-state index contributed by atoms with van der Waals surface area (Å²) in [6, 6.07) is 8.19. The Labute approximate surface area is 172 Å². The molecule has 8 nitrogen and oxygen atoms in total. The zero-order valence-corrected chi connectivity index (χ0v) is 17.0. The number of rotatable bonds is 6. The Bertz CT molecular complexity index is 1070. The van der Waals surface area contributed by atoms with Crippen LogP contribution >= 0.6 is 27.3 Å². The van der Waals surface area contributed by atoms with Crippen LogP contribution in [0.3, 0.4) is 0 Å². The maximum Gasteiger partial charge on any atom is 0.339 e. The monoisotopic (exact) mass is 460 g/mol. The highest BCUT2D eigenvalue weighted by atomic mass is 79.9. The number of hydrogen-bond acceptors (Lipinski definition) is 8. The van der Waals surface area contributed by atoms with Gasteiger partial charge in [0.2, 0.25) is 17.6 Å². The number of carbonyl (C=O) groups excluding carboxylic acids is 2. The van der Waals surface area contributed by atoms with Crippen LogP contribution in [0.25, 0.3) is 10.7 Å². The summed E-state index contributed by atoms with van der Waals surface area (Å²) in [6.07, 6.45) is 0.384. The Morgan fingerprint density at radius 3 is 2.89 bits per heavy atom. The molecule has 1 N–H and O–H groups in total. The number of nitrogens with zero attached hydrogens (tertiary/aromatic N) is 3. The number of aromatic nitrogens is 2. The highest BCUT2D eigenvalue weighted by Gasteiger charge is 2.15. The third kappa shape index (κ3) is 4.62. The molecule has 3 aromatic rings. The summed E-state index contributed by atoms with van der Waals surface area (Å²) < 4.78 is 10.8. The predicted octanol–water partition coefficient (Wildman–Crippen LogP) is 3.79. The van der Waals surface area contributed by atoms with Crippen LogP contribution in [0.4, 0.5) is 5.69 Å². The number of benzene rings is 1. The van der Waals surface area contributed by atoms with Crippen LogP contribution < -0.4 is 5.32 Å². The highest BCUT2D eigenvalue weighted by molar-refractivity contribution is 9.10. The van der Waals surface area contributed by atoms with E-state index in [0.717, 1.165) is 9.35 Å². The molecule has 28 heavy (non-hydrogen) atoms. The molecule has 0 atom stereocenters. The fourth-order valence-corrected chi connectivity index (χ4v) is 3.68. The van der Waals surface area contributed by atoms with E-state index >= 15 is 0 Å². The number of aryl methyl sites for hydroxylation is 1. The van der Waals surface area contributed by atoms with Gasteiger partial charge in [-0.05, 0) is 40.2 Å². The van der Waals surface area contributed by atoms with Gasteiger partial charge in [-0.15, -0.1) is 11.3 Å². The number of halogens is 1. The molecular formula is C18H13BrN4O4S. The Morgan fingerprint density at radius 2 is 2.21 bits per heavy atom. The Morgan fingerprint density at radius 1 is 1.39 bits per heavy atom. The lowest BCUT2D eigenvalue weighted by Crippen LogP contribution is -2.13. The normalized spacial score (nSPS) is 10.3. The minimum atomic E-state index is -0.647. The molecule has 0 bridgehead atoms. The third-order valence-corrected chi connectivity index (χ3v) is 5.34. The summed E-state index contributed by atoms with van der Waals surface area (Å²) in [5, 5.41) is 17.6. The zero-order chi connectivity index (χ0) is 20.1. The lowest BCUT2D eigenvalue weighted by Gasteiger charge is -2.07. The molecule has 10 heteroatoms.